The van der Waals surface area contributed by atoms with E-state index >= 15 is 0 Å². The first-order valence-electron chi connectivity index (χ1n) is 9.27. The molecule has 0 fully saturated rings. The molecule has 0 bridgehead atoms. The van der Waals surface area contributed by atoms with Crippen molar-refractivity contribution in [2.24, 2.45) is 0 Å². The Hall–Kier alpha value is -3.22. The lowest BCUT2D eigenvalue weighted by Crippen LogP contribution is -2.30. The van der Waals surface area contributed by atoms with Gasteiger partial charge < -0.3 is 24.6 Å². The maximum Gasteiger partial charge on any atom is 0.342 e. The third-order valence-corrected chi connectivity index (χ3v) is 4.97. The van der Waals surface area contributed by atoms with E-state index in [0.717, 1.165) is 36.8 Å². The highest BCUT2D eigenvalue weighted by Gasteiger charge is 2.24. The monoisotopic (exact) mass is 383 g/mol. The van der Waals surface area contributed by atoms with Crippen LogP contribution in [0.1, 0.15) is 41.3 Å². The molecule has 2 aromatic carbocycles. The van der Waals surface area contributed by atoms with Crippen molar-refractivity contribution in [1.82, 2.24) is 0 Å². The second kappa shape index (κ2) is 7.42. The van der Waals surface area contributed by atoms with Gasteiger partial charge >= 0.3 is 5.97 Å². The molecule has 28 heavy (non-hydrogen) atoms. The Labute approximate surface area is 162 Å². The normalized spacial score (nSPS) is 15.5. The molecule has 0 saturated carbocycles. The highest BCUT2D eigenvalue weighted by Crippen LogP contribution is 2.34. The van der Waals surface area contributed by atoms with Crippen LogP contribution in [0, 0.1) is 0 Å². The van der Waals surface area contributed by atoms with Gasteiger partial charge in [0.2, 0.25) is 6.79 Å². The first kappa shape index (κ1) is 18.2. The van der Waals surface area contributed by atoms with Crippen LogP contribution in [0.5, 0.6) is 17.2 Å². The third kappa shape index (κ3) is 3.60. The predicted molar refractivity (Wildman–Crippen MR) is 101 cm³/mol. The van der Waals surface area contributed by atoms with E-state index in [2.05, 4.69) is 5.32 Å². The SMILES string of the molecule is C[C@@H](OC(=O)c1cc2c(cc1O)CCCC2)C(=O)Nc1ccc2c(c1)OCO2. The molecule has 0 aromatic heterocycles. The number of phenols is 1. The van der Waals surface area contributed by atoms with E-state index < -0.39 is 18.0 Å². The summed E-state index contributed by atoms with van der Waals surface area (Å²) in [5, 5.41) is 12.9. The van der Waals surface area contributed by atoms with Gasteiger partial charge in [-0.3, -0.25) is 4.79 Å². The number of carbonyl (C=O) groups is 2. The van der Waals surface area contributed by atoms with Crippen molar-refractivity contribution in [1.29, 1.82) is 0 Å². The molecule has 2 aromatic rings. The molecule has 2 N–H and O–H groups in total. The zero-order chi connectivity index (χ0) is 19.7. The lowest BCUT2D eigenvalue weighted by Gasteiger charge is -2.18. The van der Waals surface area contributed by atoms with Crippen LogP contribution >= 0.6 is 0 Å². The van der Waals surface area contributed by atoms with Gasteiger partial charge in [-0.25, -0.2) is 4.79 Å². The number of fused-ring (bicyclic) bond motifs is 2. The number of rotatable bonds is 4. The lowest BCUT2D eigenvalue weighted by molar-refractivity contribution is -0.123. The van der Waals surface area contributed by atoms with Crippen LogP contribution in [0.15, 0.2) is 30.3 Å². The van der Waals surface area contributed by atoms with E-state index in [-0.39, 0.29) is 18.1 Å². The number of hydrogen-bond acceptors (Lipinski definition) is 6. The molecule has 7 nitrogen and oxygen atoms in total. The summed E-state index contributed by atoms with van der Waals surface area (Å²) in [6.07, 6.45) is 2.87. The predicted octanol–water partition coefficient (Wildman–Crippen LogP) is 3.18. The van der Waals surface area contributed by atoms with E-state index in [1.165, 1.54) is 6.92 Å². The standard InChI is InChI=1S/C21H21NO6/c1-12(20(24)22-15-6-7-18-19(10-15)27-11-26-18)28-21(25)16-8-13-4-2-3-5-14(13)9-17(16)23/h6-10,12,23H,2-5,11H2,1H3,(H,22,24)/t12-/m1/s1. The molecule has 1 atom stereocenters. The van der Waals surface area contributed by atoms with Crippen molar-refractivity contribution in [2.75, 3.05) is 12.1 Å². The molecule has 0 radical (unpaired) electrons. The summed E-state index contributed by atoms with van der Waals surface area (Å²) in [5.74, 6) is -0.167. The summed E-state index contributed by atoms with van der Waals surface area (Å²) < 4.78 is 15.8. The molecule has 7 heteroatoms. The fourth-order valence-electron chi connectivity index (χ4n) is 3.43. The zero-order valence-corrected chi connectivity index (χ0v) is 15.5. The fraction of sp³-hybridized carbons (Fsp3) is 0.333. The molecule has 146 valence electrons. The molecule has 1 aliphatic heterocycles. The summed E-state index contributed by atoms with van der Waals surface area (Å²) >= 11 is 0. The molecular weight excluding hydrogens is 362 g/mol. The summed E-state index contributed by atoms with van der Waals surface area (Å²) in [5.41, 5.74) is 2.71. The van der Waals surface area contributed by atoms with Crippen molar-refractivity contribution in [3.8, 4) is 17.2 Å². The highest BCUT2D eigenvalue weighted by atomic mass is 16.7. The van der Waals surface area contributed by atoms with Gasteiger partial charge in [0.1, 0.15) is 11.3 Å². The van der Waals surface area contributed by atoms with Gasteiger partial charge in [-0.05, 0) is 68.0 Å². The molecule has 0 spiro atoms. The largest absolute Gasteiger partial charge is 0.507 e. The van der Waals surface area contributed by atoms with Crippen molar-refractivity contribution in [2.45, 2.75) is 38.7 Å². The Morgan fingerprint density at radius 3 is 2.57 bits per heavy atom. The van der Waals surface area contributed by atoms with Crippen LogP contribution < -0.4 is 14.8 Å². The number of benzene rings is 2. The topological polar surface area (TPSA) is 94.1 Å². The zero-order valence-electron chi connectivity index (χ0n) is 15.5. The van der Waals surface area contributed by atoms with Gasteiger partial charge in [-0.1, -0.05) is 0 Å². The van der Waals surface area contributed by atoms with Gasteiger partial charge in [-0.2, -0.15) is 0 Å². The number of nitrogens with one attached hydrogen (secondary N) is 1. The Balaban J connectivity index is 1.42. The second-order valence-electron chi connectivity index (χ2n) is 6.95. The number of phenolic OH excluding ortho intramolecular Hbond substituents is 1. The Kier molecular flexibility index (Phi) is 4.81. The summed E-state index contributed by atoms with van der Waals surface area (Å²) in [6.45, 7) is 1.63. The van der Waals surface area contributed by atoms with Gasteiger partial charge in [0.05, 0.1) is 0 Å². The van der Waals surface area contributed by atoms with Crippen LogP contribution in [0.3, 0.4) is 0 Å². The second-order valence-corrected chi connectivity index (χ2v) is 6.95. The number of aryl methyl sites for hydroxylation is 2. The molecule has 4 rings (SSSR count). The quantitative estimate of drug-likeness (QED) is 0.788. The molecule has 0 unspecified atom stereocenters. The molecule has 1 amide bonds. The minimum absolute atomic E-state index is 0.0865. The molecule has 0 saturated heterocycles. The summed E-state index contributed by atoms with van der Waals surface area (Å²) in [6, 6.07) is 8.32. The molecule has 2 aliphatic rings. The van der Waals surface area contributed by atoms with E-state index in [4.69, 9.17) is 14.2 Å². The van der Waals surface area contributed by atoms with Crippen LogP contribution in [0.25, 0.3) is 0 Å². The van der Waals surface area contributed by atoms with Crippen molar-refractivity contribution in [3.63, 3.8) is 0 Å². The molecular formula is C21H21NO6. The number of hydrogen-bond donors (Lipinski definition) is 2. The average Bonchev–Trinajstić information content (AvgIpc) is 3.15. The third-order valence-electron chi connectivity index (χ3n) is 4.97. The van der Waals surface area contributed by atoms with Crippen LogP contribution in [-0.2, 0) is 22.4 Å². The Bertz CT molecular complexity index is 939. The van der Waals surface area contributed by atoms with Crippen molar-refractivity contribution < 1.29 is 28.9 Å². The van der Waals surface area contributed by atoms with E-state index in [9.17, 15) is 14.7 Å². The smallest absolute Gasteiger partial charge is 0.342 e. The number of amides is 1. The average molecular weight is 383 g/mol. The minimum atomic E-state index is -1.03. The maximum absolute atomic E-state index is 12.5. The number of aromatic hydroxyl groups is 1. The van der Waals surface area contributed by atoms with Crippen molar-refractivity contribution >= 4 is 17.6 Å². The number of esters is 1. The number of ether oxygens (including phenoxy) is 3. The van der Waals surface area contributed by atoms with E-state index in [1.54, 1.807) is 30.3 Å². The van der Waals surface area contributed by atoms with Crippen molar-refractivity contribution in [3.05, 3.63) is 47.0 Å². The van der Waals surface area contributed by atoms with Crippen LogP contribution in [0.2, 0.25) is 0 Å². The van der Waals surface area contributed by atoms with Crippen LogP contribution in [-0.4, -0.2) is 29.9 Å². The van der Waals surface area contributed by atoms with E-state index in [0.29, 0.717) is 17.2 Å². The highest BCUT2D eigenvalue weighted by molar-refractivity contribution is 5.98. The lowest BCUT2D eigenvalue weighted by atomic mass is 9.90. The summed E-state index contributed by atoms with van der Waals surface area (Å²) in [7, 11) is 0. The van der Waals surface area contributed by atoms with E-state index in [1.807, 2.05) is 0 Å². The molecule has 1 heterocycles. The number of carbonyl (C=O) groups excluding carboxylic acids is 2. The van der Waals surface area contributed by atoms with Crippen LogP contribution in [0.4, 0.5) is 5.69 Å². The maximum atomic E-state index is 12.5. The van der Waals surface area contributed by atoms with Gasteiger partial charge in [0.15, 0.2) is 17.6 Å². The minimum Gasteiger partial charge on any atom is -0.507 e. The first-order chi connectivity index (χ1) is 13.5. The Morgan fingerprint density at radius 1 is 1.07 bits per heavy atom. The van der Waals surface area contributed by atoms with Gasteiger partial charge in [-0.15, -0.1) is 0 Å². The van der Waals surface area contributed by atoms with Gasteiger partial charge in [0, 0.05) is 11.8 Å². The van der Waals surface area contributed by atoms with Gasteiger partial charge in [0.25, 0.3) is 5.91 Å². The fourth-order valence-corrected chi connectivity index (χ4v) is 3.43. The first-order valence-corrected chi connectivity index (χ1v) is 9.27. The summed E-state index contributed by atoms with van der Waals surface area (Å²) in [4.78, 5) is 24.8. The number of anilines is 1. The molecule has 1 aliphatic carbocycles. The Morgan fingerprint density at radius 2 is 1.79 bits per heavy atom.